The first-order valence-electron chi connectivity index (χ1n) is 39.9. The van der Waals surface area contributed by atoms with Crippen LogP contribution in [0.3, 0.4) is 0 Å². The Balaban J connectivity index is 5.14. The van der Waals surface area contributed by atoms with Crippen molar-refractivity contribution in [1.82, 2.24) is 0 Å². The third-order valence-electron chi connectivity index (χ3n) is 18.6. The number of aliphatic hydroxyl groups excluding tert-OH is 1. The first-order valence-corrected chi connectivity index (χ1v) is 42.9. The van der Waals surface area contributed by atoms with Crippen molar-refractivity contribution in [2.75, 3.05) is 39.6 Å². The maximum absolute atomic E-state index is 13.1. The number of hydrogen-bond donors (Lipinski definition) is 3. The van der Waals surface area contributed by atoms with Gasteiger partial charge in [0.1, 0.15) is 19.3 Å². The average molecular weight is 1410 g/mol. The summed E-state index contributed by atoms with van der Waals surface area (Å²) in [6, 6.07) is 0. The zero-order valence-corrected chi connectivity index (χ0v) is 64.6. The molecule has 0 bridgehead atoms. The van der Waals surface area contributed by atoms with E-state index in [0.717, 1.165) is 115 Å². The van der Waals surface area contributed by atoms with E-state index in [1.807, 2.05) is 0 Å². The second-order valence-electron chi connectivity index (χ2n) is 28.7. The monoisotopic (exact) mass is 1410 g/mol. The molecule has 0 aromatic rings. The number of aliphatic hydroxyl groups is 1. The molecule has 19 heteroatoms. The van der Waals surface area contributed by atoms with E-state index in [2.05, 4.69) is 48.5 Å². The molecule has 0 saturated heterocycles. The number of phosphoric acid groups is 2. The molecule has 0 aromatic carbocycles. The zero-order valence-electron chi connectivity index (χ0n) is 62.8. The number of carbonyl (C=O) groups excluding carboxylic acids is 4. The molecule has 0 amide bonds. The second-order valence-corrected chi connectivity index (χ2v) is 31.6. The van der Waals surface area contributed by atoms with Crippen LogP contribution < -0.4 is 0 Å². The molecule has 96 heavy (non-hydrogen) atoms. The van der Waals surface area contributed by atoms with Gasteiger partial charge in [0.15, 0.2) is 12.2 Å². The minimum atomic E-state index is -4.96. The van der Waals surface area contributed by atoms with Crippen LogP contribution >= 0.6 is 15.6 Å². The van der Waals surface area contributed by atoms with E-state index in [0.29, 0.717) is 31.6 Å². The Morgan fingerprint density at radius 1 is 0.302 bits per heavy atom. The third kappa shape index (κ3) is 67.9. The average Bonchev–Trinajstić information content (AvgIpc) is 2.46. The van der Waals surface area contributed by atoms with Gasteiger partial charge in [0.2, 0.25) is 0 Å². The summed E-state index contributed by atoms with van der Waals surface area (Å²) in [4.78, 5) is 72.6. The molecule has 0 aliphatic rings. The van der Waals surface area contributed by atoms with Gasteiger partial charge in [0.05, 0.1) is 26.4 Å². The van der Waals surface area contributed by atoms with E-state index >= 15 is 0 Å². The van der Waals surface area contributed by atoms with Crippen LogP contribution in [0.25, 0.3) is 0 Å². The van der Waals surface area contributed by atoms with Crippen molar-refractivity contribution in [2.24, 2.45) is 17.8 Å². The lowest BCUT2D eigenvalue weighted by atomic mass is 9.99. The summed E-state index contributed by atoms with van der Waals surface area (Å²) < 4.78 is 68.3. The third-order valence-corrected chi connectivity index (χ3v) is 20.5. The number of esters is 4. The number of rotatable bonds is 75. The molecular formula is C77H150O17P2. The molecule has 17 nitrogen and oxygen atoms in total. The smallest absolute Gasteiger partial charge is 0.462 e. The second kappa shape index (κ2) is 67.5. The van der Waals surface area contributed by atoms with Crippen LogP contribution in [0.5, 0.6) is 0 Å². The van der Waals surface area contributed by atoms with E-state index in [4.69, 9.17) is 37.0 Å². The number of hydrogen-bond acceptors (Lipinski definition) is 15. The minimum Gasteiger partial charge on any atom is -0.462 e. The lowest BCUT2D eigenvalue weighted by Gasteiger charge is -2.21. The molecule has 0 aliphatic carbocycles. The molecule has 0 aliphatic heterocycles. The summed E-state index contributed by atoms with van der Waals surface area (Å²) in [6.45, 7) is 11.9. The molecule has 0 heterocycles. The zero-order chi connectivity index (χ0) is 70.9. The number of unbranched alkanes of at least 4 members (excludes halogenated alkanes) is 41. The van der Waals surface area contributed by atoms with Gasteiger partial charge in [-0.3, -0.25) is 37.3 Å². The Kier molecular flexibility index (Phi) is 66.2. The molecule has 0 rings (SSSR count). The van der Waals surface area contributed by atoms with Gasteiger partial charge >= 0.3 is 39.5 Å². The molecule has 570 valence electrons. The maximum atomic E-state index is 13.1. The van der Waals surface area contributed by atoms with Crippen LogP contribution in [0.4, 0.5) is 0 Å². The Morgan fingerprint density at radius 3 is 0.792 bits per heavy atom. The van der Waals surface area contributed by atoms with Crippen molar-refractivity contribution in [1.29, 1.82) is 0 Å². The largest absolute Gasteiger partial charge is 0.472 e. The van der Waals surface area contributed by atoms with Gasteiger partial charge in [-0.15, -0.1) is 0 Å². The topological polar surface area (TPSA) is 237 Å². The molecule has 0 aromatic heterocycles. The predicted octanol–water partition coefficient (Wildman–Crippen LogP) is 22.6. The number of carbonyl (C=O) groups is 4. The first kappa shape index (κ1) is 94.1. The molecular weight excluding hydrogens is 1260 g/mol. The van der Waals surface area contributed by atoms with Gasteiger partial charge in [-0.05, 0) is 43.4 Å². The predicted molar refractivity (Wildman–Crippen MR) is 391 cm³/mol. The summed E-state index contributed by atoms with van der Waals surface area (Å²) in [6.07, 6.45) is 54.5. The van der Waals surface area contributed by atoms with Crippen molar-refractivity contribution in [2.45, 2.75) is 414 Å². The Hall–Kier alpha value is -1.94. The van der Waals surface area contributed by atoms with E-state index in [-0.39, 0.29) is 25.7 Å². The van der Waals surface area contributed by atoms with Crippen LogP contribution in [0.2, 0.25) is 0 Å². The van der Waals surface area contributed by atoms with Crippen LogP contribution in [-0.4, -0.2) is 96.7 Å². The van der Waals surface area contributed by atoms with Crippen molar-refractivity contribution < 1.29 is 80.2 Å². The fourth-order valence-electron chi connectivity index (χ4n) is 11.7. The van der Waals surface area contributed by atoms with Gasteiger partial charge in [0.25, 0.3) is 0 Å². The Morgan fingerprint density at radius 2 is 0.531 bits per heavy atom. The molecule has 3 N–H and O–H groups in total. The molecule has 0 radical (unpaired) electrons. The van der Waals surface area contributed by atoms with Gasteiger partial charge in [0, 0.05) is 25.7 Å². The molecule has 0 fully saturated rings. The summed E-state index contributed by atoms with van der Waals surface area (Å²) in [5.74, 6) is 0.264. The van der Waals surface area contributed by atoms with Crippen molar-refractivity contribution in [3.63, 3.8) is 0 Å². The van der Waals surface area contributed by atoms with Crippen molar-refractivity contribution in [3.8, 4) is 0 Å². The van der Waals surface area contributed by atoms with Crippen LogP contribution in [0.1, 0.15) is 395 Å². The van der Waals surface area contributed by atoms with Crippen molar-refractivity contribution >= 4 is 39.5 Å². The molecule has 0 spiro atoms. The lowest BCUT2D eigenvalue weighted by molar-refractivity contribution is -0.161. The Bertz CT molecular complexity index is 1870. The summed E-state index contributed by atoms with van der Waals surface area (Å²) in [5.41, 5.74) is 0. The maximum Gasteiger partial charge on any atom is 0.472 e. The van der Waals surface area contributed by atoms with E-state index in [1.165, 1.54) is 193 Å². The Labute approximate surface area is 588 Å². The van der Waals surface area contributed by atoms with Gasteiger partial charge in [-0.2, -0.15) is 0 Å². The highest BCUT2D eigenvalue weighted by molar-refractivity contribution is 7.47. The SMILES string of the molecule is CCCCCCCCCC(=O)OC[C@H](COP(=O)(O)OC[C@H](O)COP(=O)(O)OC[C@@H](COC(=O)CCCCCCCCCCCCCCCCC(C)CC)OC(=O)CCCCCCCCCCCCCCCCCCCCC(C)CC)OC(=O)CCCCCCCCC(C)C. The van der Waals surface area contributed by atoms with Crippen LogP contribution in [-0.2, 0) is 65.4 Å². The summed E-state index contributed by atoms with van der Waals surface area (Å²) in [5, 5.41) is 10.6. The standard InChI is InChI=1S/C77H150O17P2/c1-8-11-12-13-34-44-51-58-74(79)87-64-73(94-77(82)61-54-47-40-39-41-48-55-68(4)5)67-92-96(85,86)90-63-71(78)62-89-95(83,84)91-66-72(65-88-75(80)59-52-45-37-32-28-24-21-20-23-27-31-36-43-50-57-70(7)10-3)93-76(81)60-53-46-38-33-29-25-19-17-15-14-16-18-22-26-30-35-42-49-56-69(6)9-2/h68-73,78H,8-67H2,1-7H3,(H,83,84)(H,85,86)/t69?,70?,71-,72-,73-/m1/s1. The van der Waals surface area contributed by atoms with Crippen molar-refractivity contribution in [3.05, 3.63) is 0 Å². The van der Waals surface area contributed by atoms with E-state index < -0.39 is 97.5 Å². The fraction of sp³-hybridized carbons (Fsp3) is 0.948. The van der Waals surface area contributed by atoms with Crippen LogP contribution in [0.15, 0.2) is 0 Å². The lowest BCUT2D eigenvalue weighted by Crippen LogP contribution is -2.30. The molecule has 7 atom stereocenters. The normalized spacial score (nSPS) is 14.6. The molecule has 0 saturated carbocycles. The van der Waals surface area contributed by atoms with Gasteiger partial charge in [-0.25, -0.2) is 9.13 Å². The first-order chi connectivity index (χ1) is 46.3. The number of phosphoric ester groups is 2. The summed E-state index contributed by atoms with van der Waals surface area (Å²) >= 11 is 0. The quantitative estimate of drug-likeness (QED) is 0.0222. The van der Waals surface area contributed by atoms with E-state index in [1.54, 1.807) is 0 Å². The number of ether oxygens (including phenoxy) is 4. The van der Waals surface area contributed by atoms with E-state index in [9.17, 15) is 43.2 Å². The molecule has 4 unspecified atom stereocenters. The highest BCUT2D eigenvalue weighted by Crippen LogP contribution is 2.45. The van der Waals surface area contributed by atoms with Gasteiger partial charge < -0.3 is 33.8 Å². The highest BCUT2D eigenvalue weighted by atomic mass is 31.2. The van der Waals surface area contributed by atoms with Crippen LogP contribution in [0, 0.1) is 17.8 Å². The minimum absolute atomic E-state index is 0.102. The van der Waals surface area contributed by atoms with Gasteiger partial charge in [-0.1, -0.05) is 344 Å². The highest BCUT2D eigenvalue weighted by Gasteiger charge is 2.30. The summed E-state index contributed by atoms with van der Waals surface area (Å²) in [7, 11) is -9.90. The fourth-order valence-corrected chi connectivity index (χ4v) is 13.3.